The van der Waals surface area contributed by atoms with Crippen molar-refractivity contribution in [3.63, 3.8) is 0 Å². The van der Waals surface area contributed by atoms with Crippen molar-refractivity contribution in [3.05, 3.63) is 65.7 Å². The summed E-state index contributed by atoms with van der Waals surface area (Å²) in [5, 5.41) is 5.71. The van der Waals surface area contributed by atoms with E-state index >= 15 is 0 Å². The highest BCUT2D eigenvalue weighted by atomic mass is 16.2. The van der Waals surface area contributed by atoms with E-state index in [9.17, 15) is 9.59 Å². The highest BCUT2D eigenvalue weighted by Gasteiger charge is 2.15. The van der Waals surface area contributed by atoms with Gasteiger partial charge in [-0.1, -0.05) is 56.3 Å². The Kier molecular flexibility index (Phi) is 6.55. The number of nitrogens with one attached hydrogen (secondary N) is 2. The summed E-state index contributed by atoms with van der Waals surface area (Å²) in [6.45, 7) is 4.64. The summed E-state index contributed by atoms with van der Waals surface area (Å²) < 4.78 is 0. The molecule has 0 radical (unpaired) electrons. The number of hydrogen-bond acceptors (Lipinski definition) is 2. The van der Waals surface area contributed by atoms with Crippen LogP contribution < -0.4 is 10.6 Å². The van der Waals surface area contributed by atoms with Gasteiger partial charge in [-0.15, -0.1) is 0 Å². The summed E-state index contributed by atoms with van der Waals surface area (Å²) in [6.07, 6.45) is 1.24. The van der Waals surface area contributed by atoms with Gasteiger partial charge in [0.15, 0.2) is 0 Å². The molecule has 2 rings (SSSR count). The molecule has 0 saturated heterocycles. The van der Waals surface area contributed by atoms with Crippen LogP contribution in [0.2, 0.25) is 0 Å². The molecule has 0 spiro atoms. The van der Waals surface area contributed by atoms with Gasteiger partial charge in [0, 0.05) is 13.0 Å². The van der Waals surface area contributed by atoms with Crippen molar-refractivity contribution in [2.45, 2.75) is 32.6 Å². The van der Waals surface area contributed by atoms with Gasteiger partial charge in [0.2, 0.25) is 5.91 Å². The molecule has 4 nitrogen and oxygen atoms in total. The fourth-order valence-electron chi connectivity index (χ4n) is 2.50. The van der Waals surface area contributed by atoms with Crippen LogP contribution in [0.5, 0.6) is 0 Å². The first-order valence-electron chi connectivity index (χ1n) is 8.33. The summed E-state index contributed by atoms with van der Waals surface area (Å²) >= 11 is 0. The van der Waals surface area contributed by atoms with Gasteiger partial charge in [0.25, 0.3) is 5.91 Å². The molecule has 2 aromatic carbocycles. The smallest absolute Gasteiger partial charge is 0.253 e. The summed E-state index contributed by atoms with van der Waals surface area (Å²) in [6, 6.07) is 17.0. The van der Waals surface area contributed by atoms with E-state index in [0.29, 0.717) is 24.2 Å². The van der Waals surface area contributed by atoms with Crippen molar-refractivity contribution >= 4 is 17.5 Å². The molecule has 2 N–H and O–H groups in total. The van der Waals surface area contributed by atoms with Crippen LogP contribution in [0, 0.1) is 0 Å². The average Bonchev–Trinajstić information content (AvgIpc) is 2.60. The van der Waals surface area contributed by atoms with Crippen LogP contribution in [-0.2, 0) is 4.79 Å². The fraction of sp³-hybridized carbons (Fsp3) is 0.300. The zero-order chi connectivity index (χ0) is 17.4. The molecule has 0 aliphatic rings. The van der Waals surface area contributed by atoms with Gasteiger partial charge in [-0.3, -0.25) is 9.59 Å². The standard InChI is InChI=1S/C20H24N2O2/c1-3-13-21-20(24)17-11-7-8-12-18(17)22-19(23)14-15(2)16-9-5-4-6-10-16/h4-12,15H,3,13-14H2,1-2H3,(H,21,24)(H,22,23). The number of amides is 2. The molecule has 1 unspecified atom stereocenters. The van der Waals surface area contributed by atoms with Gasteiger partial charge in [0.1, 0.15) is 0 Å². The Bertz CT molecular complexity index is 683. The lowest BCUT2D eigenvalue weighted by Gasteiger charge is -2.14. The van der Waals surface area contributed by atoms with Gasteiger partial charge < -0.3 is 10.6 Å². The summed E-state index contributed by atoms with van der Waals surface area (Å²) in [4.78, 5) is 24.5. The van der Waals surface area contributed by atoms with Crippen LogP contribution in [0.4, 0.5) is 5.69 Å². The summed E-state index contributed by atoms with van der Waals surface area (Å²) in [7, 11) is 0. The Morgan fingerprint density at radius 1 is 1.00 bits per heavy atom. The van der Waals surface area contributed by atoms with Gasteiger partial charge in [-0.05, 0) is 30.0 Å². The number of para-hydroxylation sites is 1. The van der Waals surface area contributed by atoms with Crippen molar-refractivity contribution in [2.75, 3.05) is 11.9 Å². The number of benzene rings is 2. The first-order valence-corrected chi connectivity index (χ1v) is 8.33. The second-order valence-corrected chi connectivity index (χ2v) is 5.87. The first-order chi connectivity index (χ1) is 11.6. The number of carbonyl (C=O) groups is 2. The largest absolute Gasteiger partial charge is 0.352 e. The zero-order valence-corrected chi connectivity index (χ0v) is 14.2. The summed E-state index contributed by atoms with van der Waals surface area (Å²) in [5.41, 5.74) is 2.17. The molecule has 0 fully saturated rings. The summed E-state index contributed by atoms with van der Waals surface area (Å²) in [5.74, 6) is -0.141. The Morgan fingerprint density at radius 3 is 2.38 bits per heavy atom. The molecule has 2 aromatic rings. The van der Waals surface area contributed by atoms with E-state index in [4.69, 9.17) is 0 Å². The molecule has 0 bridgehead atoms. The minimum atomic E-state index is -0.163. The molecule has 1 atom stereocenters. The third-order valence-corrected chi connectivity index (χ3v) is 3.84. The lowest BCUT2D eigenvalue weighted by atomic mass is 9.97. The molecule has 0 heterocycles. The van der Waals surface area contributed by atoms with Gasteiger partial charge >= 0.3 is 0 Å². The van der Waals surface area contributed by atoms with Crippen LogP contribution in [0.1, 0.15) is 48.5 Å². The predicted octanol–water partition coefficient (Wildman–Crippen LogP) is 3.96. The average molecular weight is 324 g/mol. The number of hydrogen-bond donors (Lipinski definition) is 2. The Morgan fingerprint density at radius 2 is 1.67 bits per heavy atom. The lowest BCUT2D eigenvalue weighted by Crippen LogP contribution is -2.26. The maximum Gasteiger partial charge on any atom is 0.253 e. The van der Waals surface area contributed by atoms with Gasteiger partial charge in [0.05, 0.1) is 11.3 Å². The fourth-order valence-corrected chi connectivity index (χ4v) is 2.50. The SMILES string of the molecule is CCCNC(=O)c1ccccc1NC(=O)CC(C)c1ccccc1. The minimum Gasteiger partial charge on any atom is -0.352 e. The Labute approximate surface area is 143 Å². The highest BCUT2D eigenvalue weighted by Crippen LogP contribution is 2.21. The molecular weight excluding hydrogens is 300 g/mol. The van der Waals surface area contributed by atoms with Crippen molar-refractivity contribution < 1.29 is 9.59 Å². The molecule has 2 amide bonds. The maximum atomic E-state index is 12.3. The molecule has 0 aliphatic heterocycles. The van der Waals surface area contributed by atoms with E-state index in [2.05, 4.69) is 10.6 Å². The molecule has 126 valence electrons. The number of rotatable bonds is 7. The zero-order valence-electron chi connectivity index (χ0n) is 14.2. The normalized spacial score (nSPS) is 11.6. The molecule has 0 aliphatic carbocycles. The lowest BCUT2D eigenvalue weighted by molar-refractivity contribution is -0.116. The van der Waals surface area contributed by atoms with Crippen molar-refractivity contribution in [1.29, 1.82) is 0 Å². The topological polar surface area (TPSA) is 58.2 Å². The van der Waals surface area contributed by atoms with Crippen molar-refractivity contribution in [1.82, 2.24) is 5.32 Å². The van der Waals surface area contributed by atoms with Crippen LogP contribution >= 0.6 is 0 Å². The van der Waals surface area contributed by atoms with Gasteiger partial charge in [-0.25, -0.2) is 0 Å². The molecule has 0 aromatic heterocycles. The molecular formula is C20H24N2O2. The van der Waals surface area contributed by atoms with Gasteiger partial charge in [-0.2, -0.15) is 0 Å². The molecule has 4 heteroatoms. The van der Waals surface area contributed by atoms with Crippen molar-refractivity contribution in [3.8, 4) is 0 Å². The second-order valence-electron chi connectivity index (χ2n) is 5.87. The van der Waals surface area contributed by atoms with Crippen LogP contribution in [0.25, 0.3) is 0 Å². The number of carbonyl (C=O) groups excluding carboxylic acids is 2. The van der Waals surface area contributed by atoms with E-state index in [1.165, 1.54) is 0 Å². The highest BCUT2D eigenvalue weighted by molar-refractivity contribution is 6.03. The van der Waals surface area contributed by atoms with Crippen LogP contribution in [-0.4, -0.2) is 18.4 Å². The Hall–Kier alpha value is -2.62. The third kappa shape index (κ3) is 4.95. The van der Waals surface area contributed by atoms with E-state index in [0.717, 1.165) is 12.0 Å². The first kappa shape index (κ1) is 17.7. The van der Waals surface area contributed by atoms with E-state index in [1.807, 2.05) is 50.2 Å². The molecule has 0 saturated carbocycles. The van der Waals surface area contributed by atoms with E-state index in [1.54, 1.807) is 18.2 Å². The van der Waals surface area contributed by atoms with Crippen LogP contribution in [0.3, 0.4) is 0 Å². The van der Waals surface area contributed by atoms with Crippen LogP contribution in [0.15, 0.2) is 54.6 Å². The second kappa shape index (κ2) is 8.87. The minimum absolute atomic E-state index is 0.0953. The quantitative estimate of drug-likeness (QED) is 0.810. The third-order valence-electron chi connectivity index (χ3n) is 3.84. The number of anilines is 1. The Balaban J connectivity index is 2.02. The molecule has 24 heavy (non-hydrogen) atoms. The van der Waals surface area contributed by atoms with Crippen molar-refractivity contribution in [2.24, 2.45) is 0 Å². The maximum absolute atomic E-state index is 12.3. The van der Waals surface area contributed by atoms with E-state index in [-0.39, 0.29) is 17.7 Å². The monoisotopic (exact) mass is 324 g/mol. The van der Waals surface area contributed by atoms with E-state index < -0.39 is 0 Å². The predicted molar refractivity (Wildman–Crippen MR) is 97.2 cm³/mol.